The summed E-state index contributed by atoms with van der Waals surface area (Å²) in [5.41, 5.74) is 2.67. The van der Waals surface area contributed by atoms with Gasteiger partial charge in [0.1, 0.15) is 5.82 Å². The summed E-state index contributed by atoms with van der Waals surface area (Å²) >= 11 is 0. The topological polar surface area (TPSA) is 71.7 Å². The Morgan fingerprint density at radius 3 is 2.88 bits per heavy atom. The molecule has 0 unspecified atom stereocenters. The summed E-state index contributed by atoms with van der Waals surface area (Å²) in [7, 11) is 1.58. The van der Waals surface area contributed by atoms with E-state index in [9.17, 15) is 4.39 Å². The van der Waals surface area contributed by atoms with E-state index in [0.29, 0.717) is 24.8 Å². The molecule has 0 spiro atoms. The van der Waals surface area contributed by atoms with Crippen LogP contribution in [-0.2, 0) is 4.74 Å². The lowest BCUT2D eigenvalue weighted by Gasteiger charge is -2.09. The van der Waals surface area contributed by atoms with Crippen molar-refractivity contribution in [3.8, 4) is 0 Å². The first-order valence-electron chi connectivity index (χ1n) is 4.79. The molecule has 1 aromatic carbocycles. The number of hydrogen-bond donors (Lipinski definition) is 3. The lowest BCUT2D eigenvalue weighted by molar-refractivity contribution is 0.208. The van der Waals surface area contributed by atoms with Gasteiger partial charge in [0.25, 0.3) is 0 Å². The van der Waals surface area contributed by atoms with Gasteiger partial charge in [-0.1, -0.05) is 12.1 Å². The van der Waals surface area contributed by atoms with Crippen LogP contribution in [0.2, 0.25) is 0 Å². The van der Waals surface area contributed by atoms with Crippen LogP contribution in [0.5, 0.6) is 0 Å². The fraction of sp³-hybridized carbons (Fsp3) is 0.300. The van der Waals surface area contributed by atoms with Crippen molar-refractivity contribution in [2.24, 2.45) is 10.8 Å². The van der Waals surface area contributed by atoms with Gasteiger partial charge in [-0.2, -0.15) is 0 Å². The van der Waals surface area contributed by atoms with Crippen LogP contribution in [-0.4, -0.2) is 26.2 Å². The van der Waals surface area contributed by atoms with Crippen molar-refractivity contribution in [3.05, 3.63) is 30.1 Å². The molecule has 0 aromatic heterocycles. The quantitative estimate of drug-likeness (QED) is 0.232. The van der Waals surface area contributed by atoms with Crippen LogP contribution in [0.1, 0.15) is 0 Å². The van der Waals surface area contributed by atoms with Crippen molar-refractivity contribution in [1.82, 2.24) is 5.43 Å². The first-order valence-corrected chi connectivity index (χ1v) is 4.79. The molecule has 1 aromatic rings. The van der Waals surface area contributed by atoms with Gasteiger partial charge in [-0.25, -0.2) is 15.2 Å². The van der Waals surface area contributed by atoms with E-state index in [1.807, 2.05) is 0 Å². The number of aliphatic imine (C=N–C) groups is 1. The number of guanidine groups is 1. The highest BCUT2D eigenvalue weighted by Crippen LogP contribution is 2.11. The van der Waals surface area contributed by atoms with Gasteiger partial charge >= 0.3 is 0 Å². The van der Waals surface area contributed by atoms with Crippen LogP contribution in [0.25, 0.3) is 0 Å². The van der Waals surface area contributed by atoms with Gasteiger partial charge in [0.05, 0.1) is 18.8 Å². The van der Waals surface area contributed by atoms with E-state index < -0.39 is 0 Å². The van der Waals surface area contributed by atoms with Crippen molar-refractivity contribution in [3.63, 3.8) is 0 Å². The summed E-state index contributed by atoms with van der Waals surface area (Å²) in [4.78, 5) is 4.05. The molecule has 0 aliphatic heterocycles. The highest BCUT2D eigenvalue weighted by atomic mass is 19.1. The molecule has 4 N–H and O–H groups in total. The van der Waals surface area contributed by atoms with Crippen LogP contribution in [0.15, 0.2) is 29.3 Å². The molecule has 5 nitrogen and oxygen atoms in total. The van der Waals surface area contributed by atoms with Crippen LogP contribution < -0.4 is 16.6 Å². The van der Waals surface area contributed by atoms with Crippen LogP contribution in [0, 0.1) is 5.82 Å². The molecule has 1 rings (SSSR count). The molecule has 0 saturated heterocycles. The predicted molar refractivity (Wildman–Crippen MR) is 61.5 cm³/mol. The molecule has 0 aliphatic carbocycles. The maximum absolute atomic E-state index is 13.3. The highest BCUT2D eigenvalue weighted by Gasteiger charge is 2.02. The number of nitrogens with one attached hydrogen (secondary N) is 2. The minimum Gasteiger partial charge on any atom is -0.383 e. The van der Waals surface area contributed by atoms with Crippen molar-refractivity contribution in [2.75, 3.05) is 25.6 Å². The molecule has 0 saturated carbocycles. The van der Waals surface area contributed by atoms with Crippen LogP contribution in [0.3, 0.4) is 0 Å². The lowest BCUT2D eigenvalue weighted by Crippen LogP contribution is -2.36. The van der Waals surface area contributed by atoms with Crippen molar-refractivity contribution < 1.29 is 9.13 Å². The Morgan fingerprint density at radius 2 is 2.25 bits per heavy atom. The number of methoxy groups -OCH3 is 1. The number of anilines is 1. The number of nitrogens with zero attached hydrogens (tertiary/aromatic N) is 1. The Bertz CT molecular complexity index is 356. The number of nitrogens with two attached hydrogens (primary N) is 1. The van der Waals surface area contributed by atoms with E-state index in [1.165, 1.54) is 6.07 Å². The highest BCUT2D eigenvalue weighted by molar-refractivity contribution is 5.93. The summed E-state index contributed by atoms with van der Waals surface area (Å²) in [6, 6.07) is 6.27. The predicted octanol–water partition coefficient (Wildman–Crippen LogP) is 0.703. The van der Waals surface area contributed by atoms with Crippen molar-refractivity contribution in [2.45, 2.75) is 0 Å². The first-order chi connectivity index (χ1) is 7.77. The lowest BCUT2D eigenvalue weighted by atomic mass is 10.3. The molecular formula is C10H15FN4O. The third-order valence-corrected chi connectivity index (χ3v) is 1.83. The number of ether oxygens (including phenoxy) is 1. The van der Waals surface area contributed by atoms with E-state index in [1.54, 1.807) is 25.3 Å². The zero-order valence-corrected chi connectivity index (χ0v) is 9.03. The Labute approximate surface area is 93.5 Å². The summed E-state index contributed by atoms with van der Waals surface area (Å²) in [5, 5.41) is 2.74. The van der Waals surface area contributed by atoms with Gasteiger partial charge in [-0.15, -0.1) is 0 Å². The minimum atomic E-state index is -0.364. The molecule has 0 radical (unpaired) electrons. The number of hydrazine groups is 1. The summed E-state index contributed by atoms with van der Waals surface area (Å²) in [6.07, 6.45) is 0. The number of hydrogen-bond acceptors (Lipinski definition) is 3. The normalized spacial score (nSPS) is 11.3. The Kier molecular flexibility index (Phi) is 5.24. The summed E-state index contributed by atoms with van der Waals surface area (Å²) in [5.74, 6) is 5.18. The number of para-hydroxylation sites is 1. The van der Waals surface area contributed by atoms with Crippen LogP contribution >= 0.6 is 0 Å². The minimum absolute atomic E-state index is 0.294. The fourth-order valence-electron chi connectivity index (χ4n) is 1.06. The third-order valence-electron chi connectivity index (χ3n) is 1.83. The standard InChI is InChI=1S/C10H15FN4O/c1-16-7-6-13-10(15-12)14-9-5-3-2-4-8(9)11/h2-5H,6-7,12H2,1H3,(H2,13,14,15). The molecule has 0 atom stereocenters. The smallest absolute Gasteiger partial charge is 0.210 e. The Morgan fingerprint density at radius 1 is 1.50 bits per heavy atom. The van der Waals surface area contributed by atoms with E-state index >= 15 is 0 Å². The largest absolute Gasteiger partial charge is 0.383 e. The average molecular weight is 226 g/mol. The average Bonchev–Trinajstić information content (AvgIpc) is 2.30. The fourth-order valence-corrected chi connectivity index (χ4v) is 1.06. The molecule has 88 valence electrons. The van der Waals surface area contributed by atoms with E-state index in [0.717, 1.165) is 0 Å². The molecule has 0 bridgehead atoms. The first kappa shape index (κ1) is 12.4. The SMILES string of the molecule is COCCN=C(NN)Nc1ccccc1F. The molecule has 0 heterocycles. The van der Waals surface area contributed by atoms with Gasteiger partial charge in [-0.05, 0) is 12.1 Å². The molecule has 6 heteroatoms. The van der Waals surface area contributed by atoms with Gasteiger partial charge in [0.2, 0.25) is 5.96 Å². The third kappa shape index (κ3) is 3.84. The van der Waals surface area contributed by atoms with Crippen molar-refractivity contribution >= 4 is 11.6 Å². The second-order valence-corrected chi connectivity index (χ2v) is 2.97. The molecule has 0 fully saturated rings. The van der Waals surface area contributed by atoms with E-state index in [-0.39, 0.29) is 5.82 Å². The number of halogens is 1. The number of rotatable bonds is 4. The van der Waals surface area contributed by atoms with Crippen molar-refractivity contribution in [1.29, 1.82) is 0 Å². The summed E-state index contributed by atoms with van der Waals surface area (Å²) in [6.45, 7) is 0.918. The monoisotopic (exact) mass is 226 g/mol. The van der Waals surface area contributed by atoms with Gasteiger partial charge in [0.15, 0.2) is 0 Å². The van der Waals surface area contributed by atoms with Gasteiger partial charge < -0.3 is 10.1 Å². The molecule has 0 aliphatic rings. The van der Waals surface area contributed by atoms with Crippen LogP contribution in [0.4, 0.5) is 10.1 Å². The van der Waals surface area contributed by atoms with E-state index in [2.05, 4.69) is 15.7 Å². The van der Waals surface area contributed by atoms with Gasteiger partial charge in [-0.3, -0.25) is 5.43 Å². The van der Waals surface area contributed by atoms with E-state index in [4.69, 9.17) is 10.6 Å². The maximum atomic E-state index is 13.3. The zero-order valence-electron chi connectivity index (χ0n) is 9.03. The second kappa shape index (κ2) is 6.76. The zero-order chi connectivity index (χ0) is 11.8. The maximum Gasteiger partial charge on any atom is 0.210 e. The Balaban J connectivity index is 2.63. The second-order valence-electron chi connectivity index (χ2n) is 2.97. The number of benzene rings is 1. The molecule has 16 heavy (non-hydrogen) atoms. The molecule has 0 amide bonds. The molecular weight excluding hydrogens is 211 g/mol. The summed E-state index contributed by atoms with van der Waals surface area (Å²) < 4.78 is 18.1. The Hall–Kier alpha value is -1.66. The van der Waals surface area contributed by atoms with Gasteiger partial charge in [0, 0.05) is 7.11 Å².